The number of anilines is 6. The number of piperidine rings is 2. The monoisotopic (exact) mass is 1350 g/mol. The van der Waals surface area contributed by atoms with Crippen molar-refractivity contribution < 1.29 is 70.9 Å². The summed E-state index contributed by atoms with van der Waals surface area (Å²) in [5, 5.41) is 53.9. The second-order valence-electron chi connectivity index (χ2n) is 24.3. The van der Waals surface area contributed by atoms with Crippen molar-refractivity contribution in [2.24, 2.45) is 0 Å². The van der Waals surface area contributed by atoms with Crippen LogP contribution in [0.2, 0.25) is 0 Å². The van der Waals surface area contributed by atoms with Crippen molar-refractivity contribution in [2.45, 2.75) is 101 Å². The lowest BCUT2D eigenvalue weighted by atomic mass is 10.0. The second kappa shape index (κ2) is 31.2. The number of aliphatic hydroxyl groups is 2. The minimum Gasteiger partial charge on any atom is -0.483 e. The Morgan fingerprint density at radius 3 is 1.48 bits per heavy atom. The molecule has 27 nitrogen and oxygen atoms in total. The number of rotatable bonds is 18. The fourth-order valence-electron chi connectivity index (χ4n) is 11.9. The van der Waals surface area contributed by atoms with Crippen LogP contribution >= 0.6 is 0 Å². The summed E-state index contributed by atoms with van der Waals surface area (Å²) in [6.45, 7) is 14.6. The average molecular weight is 1350 g/mol. The Kier molecular flexibility index (Phi) is 22.7. The Morgan fingerprint density at radius 2 is 1.10 bits per heavy atom. The minimum absolute atomic E-state index is 0.00203. The highest BCUT2D eigenvalue weighted by Gasteiger charge is 2.49. The van der Waals surface area contributed by atoms with Gasteiger partial charge in [0.05, 0.1) is 88.3 Å². The van der Waals surface area contributed by atoms with E-state index in [4.69, 9.17) is 43.6 Å². The van der Waals surface area contributed by atoms with E-state index in [0.717, 1.165) is 82.0 Å². The van der Waals surface area contributed by atoms with Gasteiger partial charge in [0, 0.05) is 94.0 Å². The van der Waals surface area contributed by atoms with Crippen molar-refractivity contribution in [3.63, 3.8) is 0 Å². The number of carboxylic acids is 1. The number of aliphatic hydroxyl groups excluding tert-OH is 2. The van der Waals surface area contributed by atoms with Crippen LogP contribution in [0.4, 0.5) is 52.2 Å². The minimum atomic E-state index is -3.38. The van der Waals surface area contributed by atoms with Crippen molar-refractivity contribution in [1.82, 2.24) is 49.9 Å². The zero-order valence-corrected chi connectivity index (χ0v) is 54.4. The van der Waals surface area contributed by atoms with Crippen LogP contribution in [0.15, 0.2) is 85.5 Å². The van der Waals surface area contributed by atoms with Crippen molar-refractivity contribution in [2.75, 3.05) is 127 Å². The lowest BCUT2D eigenvalue weighted by Crippen LogP contribution is -2.59. The molecule has 6 N–H and O–H groups in total. The third-order valence-electron chi connectivity index (χ3n) is 17.4. The Hall–Kier alpha value is -9.34. The first-order valence-corrected chi connectivity index (χ1v) is 31.8. The summed E-state index contributed by atoms with van der Waals surface area (Å²) in [7, 11) is 3.20. The SMILES string of the molecule is COc1nc(Nc2cc(-c3ccc(OC4CCN(C(=O)[C@@H](C)O)CC4(F)F)c(C#N)c3)ncn2)ccc1N1CCN(C2COC2)C[C@H]1C.COc1nc(Nc2cc(-c3ccc(OC4CCNCC4(F)F)c(C#N)c3)ncn2)ccc1N1CCN(C2COC2)C[C@H]1C.C[C@@H](O)C(=O)O. The number of nitrogens with one attached hydrogen (secondary N) is 3. The number of ether oxygens (including phenoxy) is 6. The molecule has 0 spiro atoms. The van der Waals surface area contributed by atoms with Gasteiger partial charge >= 0.3 is 11.9 Å². The number of halogens is 4. The smallest absolute Gasteiger partial charge is 0.332 e. The van der Waals surface area contributed by atoms with Crippen LogP contribution in [0.1, 0.15) is 51.7 Å². The summed E-state index contributed by atoms with van der Waals surface area (Å²) in [5.74, 6) is -5.23. The lowest BCUT2D eigenvalue weighted by Gasteiger charge is -2.46. The molecular weight excluding hydrogens is 1270 g/mol. The number of likely N-dealkylation sites (tertiary alicyclic amines) is 1. The van der Waals surface area contributed by atoms with Gasteiger partial charge < -0.3 is 74.4 Å². The fraction of sp³-hybridized carbons (Fsp3) is 0.485. The number of alkyl halides is 4. The Balaban J connectivity index is 0.000000195. The molecular formula is C66H78F4N16O11. The number of methoxy groups -OCH3 is 2. The summed E-state index contributed by atoms with van der Waals surface area (Å²) in [4.78, 5) is 58.7. The Bertz CT molecular complexity index is 3820. The molecule has 0 bridgehead atoms. The molecule has 12 rings (SSSR count). The van der Waals surface area contributed by atoms with Gasteiger partial charge in [-0.25, -0.2) is 42.3 Å². The molecule has 4 aromatic heterocycles. The van der Waals surface area contributed by atoms with E-state index in [2.05, 4.69) is 80.4 Å². The first kappa shape index (κ1) is 70.5. The van der Waals surface area contributed by atoms with Crippen LogP contribution in [0.3, 0.4) is 0 Å². The van der Waals surface area contributed by atoms with E-state index >= 15 is 0 Å². The largest absolute Gasteiger partial charge is 0.483 e. The number of carboxylic acid groups (broad SMARTS) is 1. The third kappa shape index (κ3) is 17.1. The maximum absolute atomic E-state index is 14.9. The third-order valence-corrected chi connectivity index (χ3v) is 17.4. The Morgan fingerprint density at radius 1 is 0.639 bits per heavy atom. The molecule has 0 saturated carbocycles. The van der Waals surface area contributed by atoms with Gasteiger partial charge in [-0.1, -0.05) is 0 Å². The molecule has 6 saturated heterocycles. The maximum Gasteiger partial charge on any atom is 0.332 e. The summed E-state index contributed by atoms with van der Waals surface area (Å²) in [6, 6.07) is 26.2. The number of carbonyl (C=O) groups is 2. The topological polar surface area (TPSA) is 327 Å². The number of pyridine rings is 2. The predicted molar refractivity (Wildman–Crippen MR) is 347 cm³/mol. The highest BCUT2D eigenvalue weighted by molar-refractivity contribution is 5.80. The van der Waals surface area contributed by atoms with Gasteiger partial charge in [0.1, 0.15) is 83.1 Å². The fourth-order valence-corrected chi connectivity index (χ4v) is 11.9. The molecule has 6 atom stereocenters. The molecule has 6 aromatic rings. The molecule has 1 amide bonds. The molecule has 97 heavy (non-hydrogen) atoms. The molecule has 6 aliphatic rings. The Labute approximate surface area is 557 Å². The van der Waals surface area contributed by atoms with Gasteiger partial charge in [0.2, 0.25) is 11.8 Å². The average Bonchev–Trinajstić information content (AvgIpc) is 0.821. The van der Waals surface area contributed by atoms with E-state index in [-0.39, 0.29) is 48.1 Å². The van der Waals surface area contributed by atoms with Crippen LogP contribution < -0.4 is 44.7 Å². The van der Waals surface area contributed by atoms with E-state index in [0.29, 0.717) is 82.2 Å². The molecule has 10 heterocycles. The molecule has 0 radical (unpaired) electrons. The number of hydrogen-bond acceptors (Lipinski definition) is 25. The van der Waals surface area contributed by atoms with Crippen LogP contribution in [0, 0.1) is 22.7 Å². The van der Waals surface area contributed by atoms with E-state index < -0.39 is 61.2 Å². The van der Waals surface area contributed by atoms with Gasteiger partial charge in [-0.2, -0.15) is 20.5 Å². The number of nitriles is 2. The van der Waals surface area contributed by atoms with Crippen molar-refractivity contribution >= 4 is 46.5 Å². The quantitative estimate of drug-likeness (QED) is 0.0540. The van der Waals surface area contributed by atoms with Crippen LogP contribution in [-0.4, -0.2) is 238 Å². The summed E-state index contributed by atoms with van der Waals surface area (Å²) < 4.78 is 91.8. The van der Waals surface area contributed by atoms with Crippen molar-refractivity contribution in [1.29, 1.82) is 10.5 Å². The van der Waals surface area contributed by atoms with Gasteiger partial charge in [-0.3, -0.25) is 14.6 Å². The molecule has 31 heteroatoms. The van der Waals surface area contributed by atoms with E-state index in [9.17, 15) is 42.8 Å². The van der Waals surface area contributed by atoms with Crippen LogP contribution in [-0.2, 0) is 19.1 Å². The molecule has 2 aromatic carbocycles. The van der Waals surface area contributed by atoms with Crippen molar-refractivity contribution in [3.05, 3.63) is 96.6 Å². The summed E-state index contributed by atoms with van der Waals surface area (Å²) >= 11 is 0. The molecule has 6 fully saturated rings. The van der Waals surface area contributed by atoms with Crippen LogP contribution in [0.25, 0.3) is 22.5 Å². The van der Waals surface area contributed by atoms with E-state index in [1.165, 1.54) is 44.7 Å². The zero-order valence-electron chi connectivity index (χ0n) is 54.4. The molecule has 516 valence electrons. The van der Waals surface area contributed by atoms with Crippen LogP contribution in [0.5, 0.6) is 23.3 Å². The summed E-state index contributed by atoms with van der Waals surface area (Å²) in [6.07, 6.45) is -2.69. The van der Waals surface area contributed by atoms with Gasteiger partial charge in [0.25, 0.3) is 11.8 Å². The van der Waals surface area contributed by atoms with Crippen molar-refractivity contribution in [3.8, 4) is 57.9 Å². The van der Waals surface area contributed by atoms with E-state index in [1.807, 2.05) is 30.3 Å². The number of carbonyl (C=O) groups excluding carboxylic acids is 1. The number of aromatic nitrogens is 6. The molecule has 2 unspecified atom stereocenters. The normalized spacial score (nSPS) is 21.6. The summed E-state index contributed by atoms with van der Waals surface area (Å²) in [5.41, 5.74) is 4.24. The highest BCUT2D eigenvalue weighted by atomic mass is 19.3. The van der Waals surface area contributed by atoms with Gasteiger partial charge in [0.15, 0.2) is 12.2 Å². The second-order valence-corrected chi connectivity index (χ2v) is 24.3. The number of aliphatic carboxylic acids is 1. The maximum atomic E-state index is 14.9. The standard InChI is InChI=1S/C33H38F2N8O5.C30H34F2N8O3.C3H6O3/c1-20-15-41(24-16-47-17-24)10-11-43(20)26-5-7-29(40-31(26)46-3)39-30-13-25(37-19-38-30)22-4-6-27(23(12-22)14-36)48-28-8-9-42(18-33(28,34)35)32(45)21(2)44;1-19-14-39(22-15-42-16-22)9-10-40(19)24-4-6-27(38-29(24)41-2)37-28-12-23(35-18-36-28)20-3-5-25(21(11-20)13-33)43-26-7-8-34-17-30(26,31)32;1-2(4)3(5)6/h4-7,12-13,19-21,24,28,44H,8-11,15-18H2,1-3H3,(H,37,38,39,40);3-6,11-12,18-19,22,26,34H,7-10,14-17H2,1-2H3,(H,35,36,37,38);2,4H,1H3,(H,5,6)/t20-,21-,28?;19-,26?;2-/m111/s1. The number of benzene rings is 2. The molecule has 0 aliphatic carbocycles. The number of piperazine rings is 2. The number of amides is 1. The van der Waals surface area contributed by atoms with E-state index in [1.54, 1.807) is 44.6 Å². The lowest BCUT2D eigenvalue weighted by molar-refractivity contribution is -0.165. The number of nitrogens with zero attached hydrogens (tertiary/aromatic N) is 13. The predicted octanol–water partition coefficient (Wildman–Crippen LogP) is 5.97. The zero-order chi connectivity index (χ0) is 69.1. The number of hydrogen-bond donors (Lipinski definition) is 6. The first-order valence-electron chi connectivity index (χ1n) is 31.8. The molecule has 6 aliphatic heterocycles. The highest BCUT2D eigenvalue weighted by Crippen LogP contribution is 2.38. The van der Waals surface area contributed by atoms with Gasteiger partial charge in [-0.15, -0.1) is 0 Å². The van der Waals surface area contributed by atoms with Gasteiger partial charge in [-0.05, 0) is 94.9 Å². The first-order chi connectivity index (χ1) is 46.5.